The van der Waals surface area contributed by atoms with Crippen LogP contribution in [-0.4, -0.2) is 38.3 Å². The summed E-state index contributed by atoms with van der Waals surface area (Å²) in [6.07, 6.45) is 0.990. The van der Waals surface area contributed by atoms with Gasteiger partial charge in [0.15, 0.2) is 0 Å². The smallest absolute Gasteiger partial charge is 0.243 e. The molecule has 0 unspecified atom stereocenters. The molecule has 0 aromatic heterocycles. The van der Waals surface area contributed by atoms with Gasteiger partial charge in [0.25, 0.3) is 0 Å². The fourth-order valence-electron chi connectivity index (χ4n) is 4.13. The summed E-state index contributed by atoms with van der Waals surface area (Å²) in [4.78, 5) is 15.1. The summed E-state index contributed by atoms with van der Waals surface area (Å²) in [5.41, 5.74) is 2.71. The molecule has 0 radical (unpaired) electrons. The number of amides is 1. The minimum atomic E-state index is -3.50. The van der Waals surface area contributed by atoms with Crippen molar-refractivity contribution in [2.75, 3.05) is 24.5 Å². The monoisotopic (exact) mass is 422 g/mol. The van der Waals surface area contributed by atoms with Crippen molar-refractivity contribution >= 4 is 32.4 Å². The van der Waals surface area contributed by atoms with Crippen molar-refractivity contribution in [2.24, 2.45) is 0 Å². The predicted octanol–water partition coefficient (Wildman–Crippen LogP) is 4.00. The molecule has 6 heteroatoms. The molecule has 1 aliphatic rings. The molecule has 30 heavy (non-hydrogen) atoms. The number of benzene rings is 3. The number of anilines is 1. The largest absolute Gasteiger partial charge is 0.312 e. The maximum absolute atomic E-state index is 13.0. The maximum Gasteiger partial charge on any atom is 0.243 e. The van der Waals surface area contributed by atoms with E-state index in [9.17, 15) is 13.2 Å². The Morgan fingerprint density at radius 2 is 1.70 bits per heavy atom. The first-order valence-electron chi connectivity index (χ1n) is 10.3. The zero-order valence-corrected chi connectivity index (χ0v) is 18.2. The molecule has 0 N–H and O–H groups in total. The molecule has 0 atom stereocenters. The number of nitrogens with zero attached hydrogens (tertiary/aromatic N) is 2. The summed E-state index contributed by atoms with van der Waals surface area (Å²) in [5.74, 6) is 0.0309. The van der Waals surface area contributed by atoms with Crippen LogP contribution in [-0.2, 0) is 27.7 Å². The molecule has 5 nitrogen and oxygen atoms in total. The first kappa shape index (κ1) is 20.6. The van der Waals surface area contributed by atoms with E-state index in [1.165, 1.54) is 4.31 Å². The van der Waals surface area contributed by atoms with Gasteiger partial charge in [-0.2, -0.15) is 4.31 Å². The standard InChI is InChI=1S/C24H26N2O3S/c1-3-25(4-2)30(28,29)22-11-12-23-21(17-22)13-14-26(23)24(27)16-18-9-10-19-7-5-6-8-20(19)15-18/h5-12,15,17H,3-4,13-14,16H2,1-2H3. The van der Waals surface area contributed by atoms with Gasteiger partial charge in [-0.05, 0) is 46.5 Å². The summed E-state index contributed by atoms with van der Waals surface area (Å²) in [5, 5.41) is 2.28. The molecule has 0 bridgehead atoms. The first-order chi connectivity index (χ1) is 14.4. The second-order valence-corrected chi connectivity index (χ2v) is 9.47. The Labute approximate surface area is 178 Å². The molecule has 1 heterocycles. The number of carbonyl (C=O) groups excluding carboxylic acids is 1. The van der Waals surface area contributed by atoms with Crippen molar-refractivity contribution in [1.82, 2.24) is 4.31 Å². The Balaban J connectivity index is 1.56. The Hall–Kier alpha value is -2.70. The highest BCUT2D eigenvalue weighted by atomic mass is 32.2. The number of hydrogen-bond donors (Lipinski definition) is 0. The van der Waals surface area contributed by atoms with Crippen LogP contribution in [0.5, 0.6) is 0 Å². The molecule has 1 aliphatic heterocycles. The summed E-state index contributed by atoms with van der Waals surface area (Å²) in [7, 11) is -3.50. The highest BCUT2D eigenvalue weighted by Crippen LogP contribution is 2.31. The number of carbonyl (C=O) groups is 1. The number of hydrogen-bond acceptors (Lipinski definition) is 3. The summed E-state index contributed by atoms with van der Waals surface area (Å²) >= 11 is 0. The molecule has 3 aromatic carbocycles. The molecule has 0 saturated heterocycles. The van der Waals surface area contributed by atoms with Gasteiger partial charge in [-0.1, -0.05) is 56.3 Å². The third-order valence-electron chi connectivity index (χ3n) is 5.76. The number of sulfonamides is 1. The van der Waals surface area contributed by atoms with Crippen molar-refractivity contribution in [2.45, 2.75) is 31.6 Å². The van der Waals surface area contributed by atoms with E-state index >= 15 is 0 Å². The lowest BCUT2D eigenvalue weighted by atomic mass is 10.0. The van der Waals surface area contributed by atoms with Gasteiger partial charge in [0.2, 0.25) is 15.9 Å². The molecule has 0 spiro atoms. The van der Waals surface area contributed by atoms with Gasteiger partial charge in [-0.15, -0.1) is 0 Å². The summed E-state index contributed by atoms with van der Waals surface area (Å²) < 4.78 is 27.1. The molecule has 156 valence electrons. The SMILES string of the molecule is CCN(CC)S(=O)(=O)c1ccc2c(c1)CCN2C(=O)Cc1ccc2ccccc2c1. The molecular weight excluding hydrogens is 396 g/mol. The Morgan fingerprint density at radius 1 is 0.967 bits per heavy atom. The molecule has 0 saturated carbocycles. The van der Waals surface area contributed by atoms with E-state index in [2.05, 4.69) is 12.1 Å². The van der Waals surface area contributed by atoms with E-state index in [0.29, 0.717) is 37.4 Å². The van der Waals surface area contributed by atoms with Crippen molar-refractivity contribution in [3.63, 3.8) is 0 Å². The average molecular weight is 423 g/mol. The summed E-state index contributed by atoms with van der Waals surface area (Å²) in [6.45, 7) is 5.12. The van der Waals surface area contributed by atoms with Crippen LogP contribution in [0.15, 0.2) is 65.6 Å². The Bertz CT molecular complexity index is 1200. The van der Waals surface area contributed by atoms with Gasteiger partial charge in [0.05, 0.1) is 11.3 Å². The van der Waals surface area contributed by atoms with Crippen LogP contribution in [0.2, 0.25) is 0 Å². The highest BCUT2D eigenvalue weighted by Gasteiger charge is 2.28. The minimum absolute atomic E-state index is 0.0309. The van der Waals surface area contributed by atoms with Gasteiger partial charge in [0.1, 0.15) is 0 Å². The van der Waals surface area contributed by atoms with Crippen LogP contribution in [0, 0.1) is 0 Å². The first-order valence-corrected chi connectivity index (χ1v) is 11.8. The van der Waals surface area contributed by atoms with E-state index in [0.717, 1.165) is 27.6 Å². The Morgan fingerprint density at radius 3 is 2.43 bits per heavy atom. The lowest BCUT2D eigenvalue weighted by Gasteiger charge is -2.20. The minimum Gasteiger partial charge on any atom is -0.312 e. The van der Waals surface area contributed by atoms with E-state index in [-0.39, 0.29) is 5.91 Å². The van der Waals surface area contributed by atoms with Gasteiger partial charge in [0, 0.05) is 25.3 Å². The molecule has 3 aromatic rings. The molecule has 0 aliphatic carbocycles. The quantitative estimate of drug-likeness (QED) is 0.603. The lowest BCUT2D eigenvalue weighted by molar-refractivity contribution is -0.117. The molecule has 0 fully saturated rings. The third-order valence-corrected chi connectivity index (χ3v) is 7.81. The van der Waals surface area contributed by atoms with Gasteiger partial charge in [-0.3, -0.25) is 4.79 Å². The van der Waals surface area contributed by atoms with Crippen LogP contribution < -0.4 is 4.90 Å². The fourth-order valence-corrected chi connectivity index (χ4v) is 5.64. The van der Waals surface area contributed by atoms with E-state index in [4.69, 9.17) is 0 Å². The van der Waals surface area contributed by atoms with E-state index < -0.39 is 10.0 Å². The zero-order chi connectivity index (χ0) is 21.3. The van der Waals surface area contributed by atoms with Crippen LogP contribution >= 0.6 is 0 Å². The normalized spacial score (nSPS) is 13.8. The molecule has 1 amide bonds. The van der Waals surface area contributed by atoms with Crippen LogP contribution in [0.1, 0.15) is 25.0 Å². The number of rotatable bonds is 6. The van der Waals surface area contributed by atoms with E-state index in [1.807, 2.05) is 44.2 Å². The number of fused-ring (bicyclic) bond motifs is 2. The van der Waals surface area contributed by atoms with Gasteiger partial charge < -0.3 is 4.90 Å². The average Bonchev–Trinajstić information content (AvgIpc) is 3.18. The van der Waals surface area contributed by atoms with Gasteiger partial charge in [-0.25, -0.2) is 8.42 Å². The van der Waals surface area contributed by atoms with Crippen molar-refractivity contribution in [3.05, 3.63) is 71.8 Å². The molecule has 4 rings (SSSR count). The van der Waals surface area contributed by atoms with Crippen molar-refractivity contribution in [3.8, 4) is 0 Å². The zero-order valence-electron chi connectivity index (χ0n) is 17.3. The molecular formula is C24H26N2O3S. The van der Waals surface area contributed by atoms with Crippen LogP contribution in [0.4, 0.5) is 5.69 Å². The second kappa shape index (κ2) is 8.20. The summed E-state index contributed by atoms with van der Waals surface area (Å²) in [6, 6.07) is 19.3. The van der Waals surface area contributed by atoms with Crippen molar-refractivity contribution in [1.29, 1.82) is 0 Å². The third kappa shape index (κ3) is 3.73. The topological polar surface area (TPSA) is 57.7 Å². The highest BCUT2D eigenvalue weighted by molar-refractivity contribution is 7.89. The van der Waals surface area contributed by atoms with Crippen LogP contribution in [0.25, 0.3) is 10.8 Å². The van der Waals surface area contributed by atoms with Crippen molar-refractivity contribution < 1.29 is 13.2 Å². The van der Waals surface area contributed by atoms with Crippen LogP contribution in [0.3, 0.4) is 0 Å². The second-order valence-electron chi connectivity index (χ2n) is 7.53. The lowest BCUT2D eigenvalue weighted by Crippen LogP contribution is -2.31. The van der Waals surface area contributed by atoms with Gasteiger partial charge >= 0.3 is 0 Å². The fraction of sp³-hybridized carbons (Fsp3) is 0.292. The maximum atomic E-state index is 13.0. The predicted molar refractivity (Wildman–Crippen MR) is 120 cm³/mol. The Kier molecular flexibility index (Phi) is 5.62. The van der Waals surface area contributed by atoms with E-state index in [1.54, 1.807) is 23.1 Å².